The maximum absolute atomic E-state index is 12.8. The molecule has 0 spiro atoms. The number of hydrogen-bond acceptors (Lipinski definition) is 8. The highest BCUT2D eigenvalue weighted by Crippen LogP contribution is 2.13. The molecule has 0 saturated carbocycles. The summed E-state index contributed by atoms with van der Waals surface area (Å²) >= 11 is 0. The lowest BCUT2D eigenvalue weighted by atomic mass is 10.4. The number of nitrogens with two attached hydrogens (primary N) is 2. The second-order valence-corrected chi connectivity index (χ2v) is 7.12. The zero-order valence-electron chi connectivity index (χ0n) is 18.3. The van der Waals surface area contributed by atoms with Gasteiger partial charge in [-0.1, -0.05) is 0 Å². The van der Waals surface area contributed by atoms with Gasteiger partial charge in [0.05, 0.1) is 5.84 Å². The van der Waals surface area contributed by atoms with E-state index in [4.69, 9.17) is 16.9 Å². The molecule has 3 amide bonds. The molecule has 0 unspecified atom stereocenters. The Morgan fingerprint density at radius 2 is 1.76 bits per heavy atom. The van der Waals surface area contributed by atoms with Crippen LogP contribution in [0.15, 0.2) is 30.6 Å². The highest BCUT2D eigenvalue weighted by atomic mass is 16.2. The Morgan fingerprint density at radius 3 is 2.39 bits per heavy atom. The Hall–Kier alpha value is -4.69. The first-order chi connectivity index (χ1) is 15.6. The molecule has 0 aliphatic carbocycles. The van der Waals surface area contributed by atoms with E-state index in [1.165, 1.54) is 52.1 Å². The Kier molecular flexibility index (Phi) is 6.41. The molecule has 33 heavy (non-hydrogen) atoms. The van der Waals surface area contributed by atoms with E-state index in [1.807, 2.05) is 0 Å². The summed E-state index contributed by atoms with van der Waals surface area (Å²) in [5.41, 5.74) is 11.1. The van der Waals surface area contributed by atoms with Gasteiger partial charge >= 0.3 is 12.1 Å². The van der Waals surface area contributed by atoms with Crippen molar-refractivity contribution in [2.45, 2.75) is 6.42 Å². The van der Waals surface area contributed by atoms with Crippen LogP contribution in [-0.2, 0) is 7.05 Å². The molecule has 3 heterocycles. The van der Waals surface area contributed by atoms with Gasteiger partial charge in [-0.2, -0.15) is 14.5 Å². The van der Waals surface area contributed by atoms with Gasteiger partial charge < -0.3 is 21.7 Å². The molecule has 0 bridgehead atoms. The summed E-state index contributed by atoms with van der Waals surface area (Å²) in [7, 11) is 4.60. The average molecular weight is 456 g/mol. The van der Waals surface area contributed by atoms with E-state index in [0.717, 1.165) is 9.36 Å². The molecule has 0 aliphatic rings. The molecule has 15 heteroatoms. The van der Waals surface area contributed by atoms with Gasteiger partial charge in [0.2, 0.25) is 0 Å². The number of amides is 3. The molecule has 174 valence electrons. The minimum absolute atomic E-state index is 0.0274. The summed E-state index contributed by atoms with van der Waals surface area (Å²) < 4.78 is 3.43. The second kappa shape index (κ2) is 9.21. The average Bonchev–Trinajstić information content (AvgIpc) is 3.50. The van der Waals surface area contributed by atoms with Crippen molar-refractivity contribution in [1.29, 1.82) is 5.41 Å². The highest BCUT2D eigenvalue weighted by molar-refractivity contribution is 6.03. The Morgan fingerprint density at radius 1 is 1.09 bits per heavy atom. The number of hydrogen-bond donors (Lipinski definition) is 4. The van der Waals surface area contributed by atoms with Crippen molar-refractivity contribution < 1.29 is 14.4 Å². The van der Waals surface area contributed by atoms with E-state index in [-0.39, 0.29) is 41.9 Å². The molecular formula is C18H24N12O3. The third-order valence-electron chi connectivity index (χ3n) is 4.60. The van der Waals surface area contributed by atoms with Gasteiger partial charge in [0.25, 0.3) is 5.91 Å². The number of nitrogens with one attached hydrogen (secondary N) is 2. The summed E-state index contributed by atoms with van der Waals surface area (Å²) in [4.78, 5) is 40.1. The number of amidine groups is 1. The molecule has 0 atom stereocenters. The topological polar surface area (TPSA) is 199 Å². The van der Waals surface area contributed by atoms with Crippen LogP contribution < -0.4 is 21.7 Å². The summed E-state index contributed by atoms with van der Waals surface area (Å²) in [5.74, 6) is 0.0429. The molecule has 0 radical (unpaired) electrons. The van der Waals surface area contributed by atoms with Crippen molar-refractivity contribution >= 4 is 41.3 Å². The fourth-order valence-corrected chi connectivity index (χ4v) is 2.79. The fraction of sp³-hybridized carbons (Fsp3) is 0.278. The second-order valence-electron chi connectivity index (χ2n) is 7.12. The zero-order chi connectivity index (χ0) is 24.3. The molecule has 15 nitrogen and oxygen atoms in total. The van der Waals surface area contributed by atoms with Crippen molar-refractivity contribution in [3.05, 3.63) is 36.3 Å². The number of aryl methyl sites for hydroxylation is 1. The first-order valence-electron chi connectivity index (χ1n) is 9.65. The lowest BCUT2D eigenvalue weighted by molar-refractivity contribution is 0.101. The molecule has 3 aromatic rings. The normalized spacial score (nSPS) is 10.6. The highest BCUT2D eigenvalue weighted by Gasteiger charge is 2.20. The van der Waals surface area contributed by atoms with Crippen LogP contribution in [0.3, 0.4) is 0 Å². The molecule has 3 aromatic heterocycles. The maximum atomic E-state index is 12.8. The number of rotatable bonds is 6. The van der Waals surface area contributed by atoms with Crippen LogP contribution in [0.4, 0.5) is 27.0 Å². The van der Waals surface area contributed by atoms with E-state index in [2.05, 4.69) is 20.6 Å². The van der Waals surface area contributed by atoms with Crippen LogP contribution in [0, 0.1) is 5.41 Å². The lowest BCUT2D eigenvalue weighted by Gasteiger charge is -2.16. The van der Waals surface area contributed by atoms with Crippen LogP contribution >= 0.6 is 0 Å². The van der Waals surface area contributed by atoms with Gasteiger partial charge in [-0.3, -0.25) is 19.8 Å². The number of aromatic nitrogens is 6. The summed E-state index contributed by atoms with van der Waals surface area (Å²) in [6.45, 7) is 0.255. The molecular weight excluding hydrogens is 432 g/mol. The maximum Gasteiger partial charge on any atom is 0.350 e. The minimum atomic E-state index is -0.567. The van der Waals surface area contributed by atoms with E-state index in [0.29, 0.717) is 0 Å². The van der Waals surface area contributed by atoms with E-state index < -0.39 is 18.0 Å². The van der Waals surface area contributed by atoms with E-state index >= 15 is 0 Å². The van der Waals surface area contributed by atoms with Gasteiger partial charge in [-0.15, -0.1) is 10.2 Å². The van der Waals surface area contributed by atoms with Crippen molar-refractivity contribution in [3.8, 4) is 0 Å². The van der Waals surface area contributed by atoms with Gasteiger partial charge in [0.15, 0.2) is 11.6 Å². The number of anilines is 3. The Bertz CT molecular complexity index is 1210. The van der Waals surface area contributed by atoms with Gasteiger partial charge in [0, 0.05) is 64.7 Å². The quantitative estimate of drug-likeness (QED) is 0.293. The number of nitrogens with zero attached hydrogens (tertiary/aromatic N) is 8. The first-order valence-corrected chi connectivity index (χ1v) is 9.65. The van der Waals surface area contributed by atoms with Crippen LogP contribution in [0.2, 0.25) is 0 Å². The van der Waals surface area contributed by atoms with Crippen LogP contribution in [0.1, 0.15) is 16.9 Å². The molecule has 0 fully saturated rings. The van der Waals surface area contributed by atoms with Crippen LogP contribution in [-0.4, -0.2) is 78.7 Å². The van der Waals surface area contributed by atoms with Crippen molar-refractivity contribution in [2.75, 3.05) is 36.6 Å². The number of carbonyl (C=O) groups is 3. The van der Waals surface area contributed by atoms with Crippen LogP contribution in [0.25, 0.3) is 0 Å². The van der Waals surface area contributed by atoms with Gasteiger partial charge in [0.1, 0.15) is 11.5 Å². The number of carbonyl (C=O) groups excluding carboxylic acids is 3. The molecule has 0 saturated heterocycles. The van der Waals surface area contributed by atoms with Gasteiger partial charge in [-0.25, -0.2) is 9.59 Å². The number of nitrogen functional groups attached to an aromatic ring is 1. The van der Waals surface area contributed by atoms with Crippen molar-refractivity contribution in [2.24, 2.45) is 12.8 Å². The van der Waals surface area contributed by atoms with Crippen molar-refractivity contribution in [3.63, 3.8) is 0 Å². The third kappa shape index (κ3) is 5.15. The summed E-state index contributed by atoms with van der Waals surface area (Å²) in [6, 6.07) is 3.36. The minimum Gasteiger partial charge on any atom is -0.388 e. The SMILES string of the molecule is CN(CCC(=N)N)C(=O)n1ccc(N(C)C(=O)n2ccc(NC(=O)c3cc(N)nn3C)n2)n1. The lowest BCUT2D eigenvalue weighted by Crippen LogP contribution is -2.35. The largest absolute Gasteiger partial charge is 0.388 e. The summed E-state index contributed by atoms with van der Waals surface area (Å²) in [5, 5.41) is 21.9. The zero-order valence-corrected chi connectivity index (χ0v) is 18.3. The predicted molar refractivity (Wildman–Crippen MR) is 119 cm³/mol. The van der Waals surface area contributed by atoms with Crippen molar-refractivity contribution in [1.82, 2.24) is 34.2 Å². The van der Waals surface area contributed by atoms with Gasteiger partial charge in [-0.05, 0) is 0 Å². The molecule has 0 aliphatic heterocycles. The molecule has 6 N–H and O–H groups in total. The third-order valence-corrected chi connectivity index (χ3v) is 4.60. The van der Waals surface area contributed by atoms with E-state index in [1.54, 1.807) is 14.1 Å². The van der Waals surface area contributed by atoms with Crippen LogP contribution in [0.5, 0.6) is 0 Å². The Balaban J connectivity index is 1.65. The monoisotopic (exact) mass is 456 g/mol. The predicted octanol–water partition coefficient (Wildman–Crippen LogP) is -0.0219. The first kappa shape index (κ1) is 23.0. The standard InChI is InChI=1S/C18H24N12O3/c1-26(7-4-12(19)20)17(32)29-9-6-15(25-29)27(2)18(33)30-8-5-14(24-30)22-16(31)11-10-13(21)23-28(11)3/h5-6,8-10H,4,7H2,1-3H3,(H3,19,20)(H2,21,23)(H,22,24,31). The molecule has 0 aromatic carbocycles. The Labute approximate surface area is 188 Å². The smallest absolute Gasteiger partial charge is 0.350 e. The fourth-order valence-electron chi connectivity index (χ4n) is 2.79. The molecule has 3 rings (SSSR count). The van der Waals surface area contributed by atoms with E-state index in [9.17, 15) is 14.4 Å². The summed E-state index contributed by atoms with van der Waals surface area (Å²) in [6.07, 6.45) is 3.03.